The zero-order valence-electron chi connectivity index (χ0n) is 10.7. The van der Waals surface area contributed by atoms with Gasteiger partial charge in [-0.1, -0.05) is 13.8 Å². The summed E-state index contributed by atoms with van der Waals surface area (Å²) >= 11 is 0. The Hall–Kier alpha value is -0.870. The molecule has 0 unspecified atom stereocenters. The number of nitrogens with one attached hydrogen (secondary N) is 1. The first-order chi connectivity index (χ1) is 7.76. The van der Waals surface area contributed by atoms with Gasteiger partial charge in [0.25, 0.3) is 0 Å². The van der Waals surface area contributed by atoms with Gasteiger partial charge in [-0.05, 0) is 19.5 Å². The second kappa shape index (κ2) is 7.41. The average Bonchev–Trinajstić information content (AvgIpc) is 2.69. The van der Waals surface area contributed by atoms with Crippen LogP contribution in [0.4, 0.5) is 0 Å². The molecule has 0 saturated carbocycles. The molecule has 1 aromatic heterocycles. The molecule has 92 valence electrons. The Morgan fingerprint density at radius 1 is 1.38 bits per heavy atom. The van der Waals surface area contributed by atoms with Crippen molar-refractivity contribution in [3.05, 3.63) is 18.0 Å². The van der Waals surface area contributed by atoms with Gasteiger partial charge in [0.05, 0.1) is 6.20 Å². The van der Waals surface area contributed by atoms with Gasteiger partial charge in [0.1, 0.15) is 0 Å². The van der Waals surface area contributed by atoms with E-state index in [1.54, 1.807) is 0 Å². The number of aryl methyl sites for hydroxylation is 1. The Morgan fingerprint density at radius 2 is 2.19 bits per heavy atom. The van der Waals surface area contributed by atoms with Crippen LogP contribution >= 0.6 is 0 Å². The predicted octanol–water partition coefficient (Wildman–Crippen LogP) is 1.24. The zero-order chi connectivity index (χ0) is 11.8. The van der Waals surface area contributed by atoms with Crippen LogP contribution < -0.4 is 5.32 Å². The highest BCUT2D eigenvalue weighted by molar-refractivity contribution is 5.02. The van der Waals surface area contributed by atoms with E-state index >= 15 is 0 Å². The van der Waals surface area contributed by atoms with Crippen molar-refractivity contribution in [1.29, 1.82) is 0 Å². The van der Waals surface area contributed by atoms with Gasteiger partial charge in [0, 0.05) is 38.4 Å². The highest BCUT2D eigenvalue weighted by Gasteiger charge is 2.00. The normalized spacial score (nSPS) is 11.2. The molecule has 4 heteroatoms. The number of aromatic nitrogens is 2. The predicted molar refractivity (Wildman–Crippen MR) is 67.3 cm³/mol. The van der Waals surface area contributed by atoms with E-state index in [9.17, 15) is 0 Å². The van der Waals surface area contributed by atoms with Crippen molar-refractivity contribution in [3.8, 4) is 0 Å². The Kier molecular flexibility index (Phi) is 6.11. The highest BCUT2D eigenvalue weighted by Crippen LogP contribution is 1.95. The third kappa shape index (κ3) is 4.77. The van der Waals surface area contributed by atoms with E-state index in [0.717, 1.165) is 26.2 Å². The Bertz CT molecular complexity index is 282. The second-order valence-electron chi connectivity index (χ2n) is 4.13. The molecule has 0 aliphatic carbocycles. The van der Waals surface area contributed by atoms with Gasteiger partial charge < -0.3 is 10.2 Å². The van der Waals surface area contributed by atoms with Crippen LogP contribution in [0.5, 0.6) is 0 Å². The van der Waals surface area contributed by atoms with Crippen LogP contribution in [0.25, 0.3) is 0 Å². The summed E-state index contributed by atoms with van der Waals surface area (Å²) in [7, 11) is 1.95. The van der Waals surface area contributed by atoms with Crippen LogP contribution in [0.1, 0.15) is 25.8 Å². The fourth-order valence-electron chi connectivity index (χ4n) is 1.78. The van der Waals surface area contributed by atoms with Crippen LogP contribution in [0.3, 0.4) is 0 Å². The molecule has 1 rings (SSSR count). The molecule has 0 fully saturated rings. The zero-order valence-corrected chi connectivity index (χ0v) is 10.7. The summed E-state index contributed by atoms with van der Waals surface area (Å²) in [4.78, 5) is 2.47. The van der Waals surface area contributed by atoms with Gasteiger partial charge in [0.2, 0.25) is 0 Å². The molecule has 16 heavy (non-hydrogen) atoms. The molecule has 1 aromatic rings. The number of hydrogen-bond donors (Lipinski definition) is 1. The van der Waals surface area contributed by atoms with Crippen molar-refractivity contribution in [3.63, 3.8) is 0 Å². The van der Waals surface area contributed by atoms with Crippen LogP contribution in [0, 0.1) is 0 Å². The third-order valence-electron chi connectivity index (χ3n) is 2.68. The largest absolute Gasteiger partial charge is 0.311 e. The minimum absolute atomic E-state index is 0.914. The van der Waals surface area contributed by atoms with E-state index in [4.69, 9.17) is 0 Å². The number of rotatable bonds is 8. The van der Waals surface area contributed by atoms with Crippen molar-refractivity contribution in [2.45, 2.75) is 26.8 Å². The lowest BCUT2D eigenvalue weighted by Crippen LogP contribution is -2.32. The summed E-state index contributed by atoms with van der Waals surface area (Å²) in [5.74, 6) is 0. The minimum Gasteiger partial charge on any atom is -0.311 e. The molecule has 1 heterocycles. The summed E-state index contributed by atoms with van der Waals surface area (Å²) in [6.45, 7) is 9.88. The summed E-state index contributed by atoms with van der Waals surface area (Å²) in [5.41, 5.74) is 1.25. The summed E-state index contributed by atoms with van der Waals surface area (Å²) < 4.78 is 1.84. The van der Waals surface area contributed by atoms with Crippen molar-refractivity contribution < 1.29 is 0 Å². The van der Waals surface area contributed by atoms with Crippen LogP contribution in [-0.4, -0.2) is 40.9 Å². The molecular weight excluding hydrogens is 200 g/mol. The van der Waals surface area contributed by atoms with Crippen LogP contribution in [0.2, 0.25) is 0 Å². The molecule has 0 saturated heterocycles. The summed E-state index contributed by atoms with van der Waals surface area (Å²) in [6, 6.07) is 0. The van der Waals surface area contributed by atoms with Crippen molar-refractivity contribution in [2.24, 2.45) is 7.05 Å². The number of nitrogens with zero attached hydrogens (tertiary/aromatic N) is 3. The molecule has 0 amide bonds. The quantitative estimate of drug-likeness (QED) is 0.675. The first-order valence-corrected chi connectivity index (χ1v) is 6.16. The maximum atomic E-state index is 4.14. The van der Waals surface area contributed by atoms with E-state index in [1.807, 2.05) is 17.9 Å². The summed E-state index contributed by atoms with van der Waals surface area (Å²) in [6.07, 6.45) is 5.20. The lowest BCUT2D eigenvalue weighted by atomic mass is 10.3. The monoisotopic (exact) mass is 224 g/mol. The summed E-state index contributed by atoms with van der Waals surface area (Å²) in [5, 5.41) is 7.59. The molecule has 0 aliphatic rings. The van der Waals surface area contributed by atoms with Crippen molar-refractivity contribution in [1.82, 2.24) is 20.0 Å². The average molecular weight is 224 g/mol. The van der Waals surface area contributed by atoms with Gasteiger partial charge in [-0.25, -0.2) is 0 Å². The molecule has 0 radical (unpaired) electrons. The molecule has 4 nitrogen and oxygen atoms in total. The maximum absolute atomic E-state index is 4.14. The van der Waals surface area contributed by atoms with Gasteiger partial charge in [-0.15, -0.1) is 0 Å². The van der Waals surface area contributed by atoms with Crippen LogP contribution in [0.15, 0.2) is 12.4 Å². The number of hydrogen-bond acceptors (Lipinski definition) is 3. The molecular formula is C12H24N4. The highest BCUT2D eigenvalue weighted by atomic mass is 15.2. The smallest absolute Gasteiger partial charge is 0.0534 e. The first-order valence-electron chi connectivity index (χ1n) is 6.16. The Labute approximate surface area is 98.6 Å². The van der Waals surface area contributed by atoms with E-state index in [1.165, 1.54) is 18.5 Å². The van der Waals surface area contributed by atoms with Gasteiger partial charge in [0.15, 0.2) is 0 Å². The standard InChI is InChI=1S/C12H24N4/c1-4-7-16(5-2)8-6-13-9-12-10-14-15(3)11-12/h10-11,13H,4-9H2,1-3H3. The van der Waals surface area contributed by atoms with E-state index in [-0.39, 0.29) is 0 Å². The molecule has 0 bridgehead atoms. The molecule has 1 N–H and O–H groups in total. The fourth-order valence-corrected chi connectivity index (χ4v) is 1.78. The minimum atomic E-state index is 0.914. The van der Waals surface area contributed by atoms with Gasteiger partial charge in [-0.2, -0.15) is 5.10 Å². The van der Waals surface area contributed by atoms with Gasteiger partial charge in [-0.3, -0.25) is 4.68 Å². The first kappa shape index (κ1) is 13.2. The molecule has 0 aromatic carbocycles. The maximum Gasteiger partial charge on any atom is 0.0534 e. The van der Waals surface area contributed by atoms with Crippen molar-refractivity contribution in [2.75, 3.05) is 26.2 Å². The third-order valence-corrected chi connectivity index (χ3v) is 2.68. The SMILES string of the molecule is CCCN(CC)CCNCc1cnn(C)c1. The fraction of sp³-hybridized carbons (Fsp3) is 0.750. The number of likely N-dealkylation sites (N-methyl/N-ethyl adjacent to an activating group) is 1. The second-order valence-corrected chi connectivity index (χ2v) is 4.13. The topological polar surface area (TPSA) is 33.1 Å². The van der Waals surface area contributed by atoms with E-state index in [2.05, 4.69) is 35.4 Å². The lowest BCUT2D eigenvalue weighted by molar-refractivity contribution is 0.287. The van der Waals surface area contributed by atoms with Crippen LogP contribution in [-0.2, 0) is 13.6 Å². The van der Waals surface area contributed by atoms with E-state index < -0.39 is 0 Å². The van der Waals surface area contributed by atoms with Gasteiger partial charge >= 0.3 is 0 Å². The molecule has 0 aliphatic heterocycles. The Balaban J connectivity index is 2.11. The molecule has 0 spiro atoms. The Morgan fingerprint density at radius 3 is 2.75 bits per heavy atom. The molecule has 0 atom stereocenters. The van der Waals surface area contributed by atoms with E-state index in [0.29, 0.717) is 0 Å². The lowest BCUT2D eigenvalue weighted by Gasteiger charge is -2.19. The van der Waals surface area contributed by atoms with Crippen molar-refractivity contribution >= 4 is 0 Å².